The molecular weight excluding hydrogens is 353 g/mol. The quantitative estimate of drug-likeness (QED) is 0.682. The first-order valence-corrected chi connectivity index (χ1v) is 8.59. The van der Waals surface area contributed by atoms with E-state index in [-0.39, 0.29) is 12.6 Å². The summed E-state index contributed by atoms with van der Waals surface area (Å²) in [5.41, 5.74) is 2.73. The van der Waals surface area contributed by atoms with Crippen LogP contribution < -0.4 is 14.8 Å². The van der Waals surface area contributed by atoms with Crippen LogP contribution in [0, 0.1) is 17.1 Å². The molecule has 4 rings (SSSR count). The second-order valence-corrected chi connectivity index (χ2v) is 6.29. The number of nitrogens with zero attached hydrogens (tertiary/aromatic N) is 2. The van der Waals surface area contributed by atoms with Gasteiger partial charge in [-0.05, 0) is 42.5 Å². The van der Waals surface area contributed by atoms with Crippen molar-refractivity contribution >= 4 is 22.6 Å². The Labute approximate surface area is 153 Å². The van der Waals surface area contributed by atoms with E-state index in [9.17, 15) is 9.65 Å². The van der Waals surface area contributed by atoms with Gasteiger partial charge in [0.05, 0.1) is 5.69 Å². The van der Waals surface area contributed by atoms with Crippen molar-refractivity contribution in [2.24, 2.45) is 0 Å². The molecule has 0 saturated heterocycles. The Morgan fingerprint density at radius 1 is 1.19 bits per heavy atom. The molecule has 0 saturated carbocycles. The lowest BCUT2D eigenvalue weighted by Crippen LogP contribution is -1.92. The molecule has 1 aliphatic rings. The number of anilines is 1. The van der Waals surface area contributed by atoms with Crippen LogP contribution in [0.2, 0.25) is 0 Å². The van der Waals surface area contributed by atoms with Crippen molar-refractivity contribution < 1.29 is 13.9 Å². The summed E-state index contributed by atoms with van der Waals surface area (Å²) in [6.07, 6.45) is 1.56. The summed E-state index contributed by atoms with van der Waals surface area (Å²) >= 11 is 1.37. The molecule has 0 atom stereocenters. The van der Waals surface area contributed by atoms with Gasteiger partial charge in [-0.1, -0.05) is 0 Å². The van der Waals surface area contributed by atoms with E-state index >= 15 is 0 Å². The Balaban J connectivity index is 1.56. The Morgan fingerprint density at radius 3 is 2.81 bits per heavy atom. The standard InChI is InChI=1S/C19H12FN3O2S/c20-14-2-4-15(5-3-14)22-9-13(8-21)19-23-16(10-26-19)12-1-6-17-18(7-12)25-11-24-17/h1-7,9-10,22H,11H2/b13-9+. The lowest BCUT2D eigenvalue weighted by molar-refractivity contribution is 0.174. The minimum atomic E-state index is -0.312. The van der Waals surface area contributed by atoms with Gasteiger partial charge >= 0.3 is 0 Å². The SMILES string of the molecule is N#C/C(=C\Nc1ccc(F)cc1)c1nc(-c2ccc3c(c2)OCO3)cs1. The Morgan fingerprint density at radius 2 is 2.00 bits per heavy atom. The number of nitriles is 1. The highest BCUT2D eigenvalue weighted by atomic mass is 32.1. The molecule has 0 amide bonds. The molecule has 0 bridgehead atoms. The molecule has 1 N–H and O–H groups in total. The maximum atomic E-state index is 12.9. The number of rotatable bonds is 4. The van der Waals surface area contributed by atoms with Crippen LogP contribution in [0.25, 0.3) is 16.8 Å². The molecule has 2 heterocycles. The van der Waals surface area contributed by atoms with Crippen molar-refractivity contribution in [3.8, 4) is 28.8 Å². The van der Waals surface area contributed by atoms with Crippen molar-refractivity contribution in [2.45, 2.75) is 0 Å². The molecular formula is C19H12FN3O2S. The van der Waals surface area contributed by atoms with Crippen LogP contribution in [0.5, 0.6) is 11.5 Å². The number of hydrogen-bond donors (Lipinski definition) is 1. The van der Waals surface area contributed by atoms with Crippen molar-refractivity contribution in [3.63, 3.8) is 0 Å². The Kier molecular flexibility index (Phi) is 4.25. The first kappa shape index (κ1) is 16.1. The van der Waals surface area contributed by atoms with E-state index in [4.69, 9.17) is 9.47 Å². The molecule has 2 aromatic carbocycles. The van der Waals surface area contributed by atoms with Gasteiger partial charge in [-0.3, -0.25) is 0 Å². The second kappa shape index (κ2) is 6.86. The zero-order chi connectivity index (χ0) is 17.9. The van der Waals surface area contributed by atoms with Crippen molar-refractivity contribution in [3.05, 3.63) is 64.9 Å². The number of halogens is 1. The summed E-state index contributed by atoms with van der Waals surface area (Å²) in [4.78, 5) is 4.53. The van der Waals surface area contributed by atoms with Crippen LogP contribution in [0.15, 0.2) is 54.0 Å². The number of fused-ring (bicyclic) bond motifs is 1. The molecule has 0 aliphatic carbocycles. The number of thiazole rings is 1. The Hall–Kier alpha value is -3.37. The zero-order valence-electron chi connectivity index (χ0n) is 13.4. The van der Waals surface area contributed by atoms with Crippen LogP contribution in [0.4, 0.5) is 10.1 Å². The normalized spacial score (nSPS) is 12.7. The van der Waals surface area contributed by atoms with Crippen LogP contribution in [-0.2, 0) is 0 Å². The topological polar surface area (TPSA) is 67.2 Å². The van der Waals surface area contributed by atoms with Gasteiger partial charge < -0.3 is 14.8 Å². The largest absolute Gasteiger partial charge is 0.454 e. The van der Waals surface area contributed by atoms with E-state index in [1.165, 1.54) is 23.5 Å². The highest BCUT2D eigenvalue weighted by Crippen LogP contribution is 2.36. The fourth-order valence-corrected chi connectivity index (χ4v) is 3.22. The van der Waals surface area contributed by atoms with Gasteiger partial charge in [0.1, 0.15) is 22.5 Å². The van der Waals surface area contributed by atoms with Gasteiger partial charge in [0.25, 0.3) is 0 Å². The average Bonchev–Trinajstić information content (AvgIpc) is 3.32. The fraction of sp³-hybridized carbons (Fsp3) is 0.0526. The van der Waals surface area contributed by atoms with Gasteiger partial charge in [-0.25, -0.2) is 9.37 Å². The minimum Gasteiger partial charge on any atom is -0.454 e. The summed E-state index contributed by atoms with van der Waals surface area (Å²) in [7, 11) is 0. The molecule has 3 aromatic rings. The zero-order valence-corrected chi connectivity index (χ0v) is 14.2. The summed E-state index contributed by atoms with van der Waals surface area (Å²) in [5, 5.41) is 14.9. The van der Waals surface area contributed by atoms with Crippen LogP contribution in [0.1, 0.15) is 5.01 Å². The summed E-state index contributed by atoms with van der Waals surface area (Å²) in [5.74, 6) is 1.09. The predicted octanol–water partition coefficient (Wildman–Crippen LogP) is 4.65. The van der Waals surface area contributed by atoms with E-state index < -0.39 is 0 Å². The highest BCUT2D eigenvalue weighted by molar-refractivity contribution is 7.11. The number of aromatic nitrogens is 1. The molecule has 0 spiro atoms. The van der Waals surface area contributed by atoms with Crippen molar-refractivity contribution in [1.29, 1.82) is 5.26 Å². The highest BCUT2D eigenvalue weighted by Gasteiger charge is 2.15. The van der Waals surface area contributed by atoms with Gasteiger partial charge in [-0.15, -0.1) is 11.3 Å². The van der Waals surface area contributed by atoms with Crippen LogP contribution in [0.3, 0.4) is 0 Å². The Bertz CT molecular complexity index is 1020. The van der Waals surface area contributed by atoms with Crippen molar-refractivity contribution in [1.82, 2.24) is 4.98 Å². The maximum Gasteiger partial charge on any atom is 0.231 e. The molecule has 0 fully saturated rings. The van der Waals surface area contributed by atoms with Crippen molar-refractivity contribution in [2.75, 3.05) is 12.1 Å². The summed E-state index contributed by atoms with van der Waals surface area (Å²) in [6.45, 7) is 0.220. The maximum absolute atomic E-state index is 12.9. The fourth-order valence-electron chi connectivity index (χ4n) is 2.43. The molecule has 7 heteroatoms. The van der Waals surface area contributed by atoms with E-state index in [0.29, 0.717) is 27.8 Å². The van der Waals surface area contributed by atoms with Gasteiger partial charge in [0, 0.05) is 22.8 Å². The third-order valence-corrected chi connectivity index (χ3v) is 4.63. The smallest absolute Gasteiger partial charge is 0.231 e. The lowest BCUT2D eigenvalue weighted by Gasteiger charge is -2.01. The summed E-state index contributed by atoms with van der Waals surface area (Å²) < 4.78 is 23.6. The number of hydrogen-bond acceptors (Lipinski definition) is 6. The molecule has 1 aromatic heterocycles. The molecule has 5 nitrogen and oxygen atoms in total. The molecule has 128 valence electrons. The lowest BCUT2D eigenvalue weighted by atomic mass is 10.1. The third kappa shape index (κ3) is 3.23. The molecule has 26 heavy (non-hydrogen) atoms. The summed E-state index contributed by atoms with van der Waals surface area (Å²) in [6, 6.07) is 13.6. The third-order valence-electron chi connectivity index (χ3n) is 3.75. The van der Waals surface area contributed by atoms with E-state index in [1.54, 1.807) is 18.3 Å². The van der Waals surface area contributed by atoms with Gasteiger partial charge in [-0.2, -0.15) is 5.26 Å². The van der Waals surface area contributed by atoms with E-state index in [2.05, 4.69) is 16.4 Å². The minimum absolute atomic E-state index is 0.220. The molecule has 0 radical (unpaired) electrons. The average molecular weight is 365 g/mol. The number of benzene rings is 2. The van der Waals surface area contributed by atoms with Gasteiger partial charge in [0.2, 0.25) is 6.79 Å². The van der Waals surface area contributed by atoms with Crippen LogP contribution in [-0.4, -0.2) is 11.8 Å². The number of allylic oxidation sites excluding steroid dienone is 1. The number of ether oxygens (including phenoxy) is 2. The van der Waals surface area contributed by atoms with Gasteiger partial charge in [0.15, 0.2) is 11.5 Å². The second-order valence-electron chi connectivity index (χ2n) is 5.43. The van der Waals surface area contributed by atoms with E-state index in [0.717, 1.165) is 11.3 Å². The molecule has 0 unspecified atom stereocenters. The first-order chi connectivity index (χ1) is 12.7. The monoisotopic (exact) mass is 365 g/mol. The first-order valence-electron chi connectivity index (χ1n) is 7.71. The van der Waals surface area contributed by atoms with E-state index in [1.807, 2.05) is 23.6 Å². The predicted molar refractivity (Wildman–Crippen MR) is 97.3 cm³/mol. The molecule has 1 aliphatic heterocycles. The number of nitrogens with one attached hydrogen (secondary N) is 1. The van der Waals surface area contributed by atoms with Crippen LogP contribution >= 0.6 is 11.3 Å².